The molecule has 1 amide bonds. The zero-order chi connectivity index (χ0) is 20.3. The standard InChI is InChI=1S/C18H18N4O6S/c23-18(15-2-1-9-27-15)19-12-16-20-17(21-28-16)13-3-5-14(6-4-13)29(24,25)22-7-10-26-11-8-22/h1-6,9H,7-8,10-12H2,(H,19,23). The number of nitrogens with zero attached hydrogens (tertiary/aromatic N) is 3. The van der Waals surface area contributed by atoms with E-state index in [9.17, 15) is 13.2 Å². The van der Waals surface area contributed by atoms with E-state index in [2.05, 4.69) is 15.5 Å². The van der Waals surface area contributed by atoms with Gasteiger partial charge in [0.1, 0.15) is 0 Å². The highest BCUT2D eigenvalue weighted by Gasteiger charge is 2.26. The van der Waals surface area contributed by atoms with Crippen LogP contribution in [-0.2, 0) is 21.3 Å². The molecule has 1 aliphatic rings. The van der Waals surface area contributed by atoms with Crippen molar-refractivity contribution in [1.29, 1.82) is 0 Å². The summed E-state index contributed by atoms with van der Waals surface area (Å²) in [6.45, 7) is 1.48. The predicted molar refractivity (Wildman–Crippen MR) is 99.2 cm³/mol. The number of carbonyl (C=O) groups excluding carboxylic acids is 1. The van der Waals surface area contributed by atoms with Crippen LogP contribution in [0.15, 0.2) is 56.5 Å². The third-order valence-electron chi connectivity index (χ3n) is 4.33. The van der Waals surface area contributed by atoms with Crippen LogP contribution in [0.2, 0.25) is 0 Å². The van der Waals surface area contributed by atoms with Gasteiger partial charge < -0.3 is 19.0 Å². The molecule has 0 unspecified atom stereocenters. The van der Waals surface area contributed by atoms with E-state index in [1.54, 1.807) is 24.3 Å². The molecule has 0 spiro atoms. The first-order chi connectivity index (χ1) is 14.0. The number of hydrogen-bond acceptors (Lipinski definition) is 8. The lowest BCUT2D eigenvalue weighted by Gasteiger charge is -2.26. The molecule has 1 aromatic carbocycles. The third kappa shape index (κ3) is 4.21. The fourth-order valence-corrected chi connectivity index (χ4v) is 4.21. The number of hydrogen-bond donors (Lipinski definition) is 1. The number of aromatic nitrogens is 2. The normalized spacial score (nSPS) is 15.3. The molecular formula is C18H18N4O6S. The number of sulfonamides is 1. The van der Waals surface area contributed by atoms with Gasteiger partial charge in [-0.25, -0.2) is 8.42 Å². The van der Waals surface area contributed by atoms with Crippen LogP contribution >= 0.6 is 0 Å². The van der Waals surface area contributed by atoms with Gasteiger partial charge in [0.25, 0.3) is 5.91 Å². The Labute approximate surface area is 166 Å². The van der Waals surface area contributed by atoms with Crippen LogP contribution in [0.5, 0.6) is 0 Å². The Balaban J connectivity index is 1.42. The van der Waals surface area contributed by atoms with Gasteiger partial charge in [0, 0.05) is 18.7 Å². The number of morpholine rings is 1. The lowest BCUT2D eigenvalue weighted by molar-refractivity contribution is 0.0730. The molecule has 0 radical (unpaired) electrons. The van der Waals surface area contributed by atoms with Crippen molar-refractivity contribution in [2.24, 2.45) is 0 Å². The van der Waals surface area contributed by atoms with Crippen molar-refractivity contribution < 1.29 is 26.9 Å². The van der Waals surface area contributed by atoms with E-state index in [0.717, 1.165) is 0 Å². The molecule has 1 fully saturated rings. The van der Waals surface area contributed by atoms with Crippen LogP contribution in [0.3, 0.4) is 0 Å². The second kappa shape index (κ2) is 8.15. The Morgan fingerprint density at radius 3 is 2.59 bits per heavy atom. The molecule has 10 nitrogen and oxygen atoms in total. The van der Waals surface area contributed by atoms with Crippen LogP contribution in [0.25, 0.3) is 11.4 Å². The molecule has 1 N–H and O–H groups in total. The van der Waals surface area contributed by atoms with Crippen molar-refractivity contribution >= 4 is 15.9 Å². The van der Waals surface area contributed by atoms with E-state index in [1.807, 2.05) is 0 Å². The molecule has 11 heteroatoms. The van der Waals surface area contributed by atoms with Crippen molar-refractivity contribution in [3.63, 3.8) is 0 Å². The monoisotopic (exact) mass is 418 g/mol. The largest absolute Gasteiger partial charge is 0.459 e. The van der Waals surface area contributed by atoms with Crippen LogP contribution < -0.4 is 5.32 Å². The zero-order valence-corrected chi connectivity index (χ0v) is 16.1. The number of carbonyl (C=O) groups is 1. The number of amides is 1. The van der Waals surface area contributed by atoms with Gasteiger partial charge in [0.2, 0.25) is 21.7 Å². The van der Waals surface area contributed by atoms with Gasteiger partial charge in [-0.1, -0.05) is 5.16 Å². The zero-order valence-electron chi connectivity index (χ0n) is 15.3. The second-order valence-corrected chi connectivity index (χ2v) is 8.15. The molecule has 0 bridgehead atoms. The van der Waals surface area contributed by atoms with Crippen molar-refractivity contribution in [3.05, 3.63) is 54.3 Å². The van der Waals surface area contributed by atoms with Gasteiger partial charge >= 0.3 is 0 Å². The summed E-state index contributed by atoms with van der Waals surface area (Å²) in [7, 11) is -3.56. The highest BCUT2D eigenvalue weighted by atomic mass is 32.2. The molecule has 0 atom stereocenters. The van der Waals surface area contributed by atoms with E-state index < -0.39 is 15.9 Å². The van der Waals surface area contributed by atoms with Crippen molar-refractivity contribution in [3.8, 4) is 11.4 Å². The third-order valence-corrected chi connectivity index (χ3v) is 6.25. The number of rotatable bonds is 6. The lowest BCUT2D eigenvalue weighted by atomic mass is 10.2. The van der Waals surface area contributed by atoms with Crippen LogP contribution in [0, 0.1) is 0 Å². The maximum absolute atomic E-state index is 12.7. The van der Waals surface area contributed by atoms with E-state index >= 15 is 0 Å². The van der Waals surface area contributed by atoms with Crippen molar-refractivity contribution in [2.75, 3.05) is 26.3 Å². The average Bonchev–Trinajstić information content (AvgIpc) is 3.45. The number of furan rings is 1. The number of nitrogens with one attached hydrogen (secondary N) is 1. The average molecular weight is 418 g/mol. The summed E-state index contributed by atoms with van der Waals surface area (Å²) in [6, 6.07) is 9.40. The summed E-state index contributed by atoms with van der Waals surface area (Å²) >= 11 is 0. The van der Waals surface area contributed by atoms with Crippen LogP contribution in [-0.4, -0.2) is 55.1 Å². The Bertz CT molecular complexity index is 1070. The Morgan fingerprint density at radius 2 is 1.90 bits per heavy atom. The summed E-state index contributed by atoms with van der Waals surface area (Å²) in [5.41, 5.74) is 0.596. The first kappa shape index (κ1) is 19.3. The fourth-order valence-electron chi connectivity index (χ4n) is 2.81. The number of ether oxygens (including phenoxy) is 1. The summed E-state index contributed by atoms with van der Waals surface area (Å²) in [5, 5.41) is 6.48. The minimum atomic E-state index is -3.56. The quantitative estimate of drug-likeness (QED) is 0.634. The van der Waals surface area contributed by atoms with Crippen LogP contribution in [0.4, 0.5) is 0 Å². The van der Waals surface area contributed by atoms with Crippen molar-refractivity contribution in [2.45, 2.75) is 11.4 Å². The Kier molecular flexibility index (Phi) is 5.43. The molecule has 3 aromatic rings. The molecule has 0 aliphatic carbocycles. The first-order valence-corrected chi connectivity index (χ1v) is 10.3. The molecule has 0 saturated carbocycles. The van der Waals surface area contributed by atoms with E-state index in [-0.39, 0.29) is 23.1 Å². The minimum absolute atomic E-state index is 0.0377. The highest BCUT2D eigenvalue weighted by Crippen LogP contribution is 2.22. The molecule has 29 heavy (non-hydrogen) atoms. The van der Waals surface area contributed by atoms with E-state index in [1.165, 1.54) is 22.7 Å². The topological polar surface area (TPSA) is 128 Å². The molecule has 4 rings (SSSR count). The molecule has 2 aromatic heterocycles. The summed E-state index contributed by atoms with van der Waals surface area (Å²) < 4.78 is 42.1. The smallest absolute Gasteiger partial charge is 0.287 e. The Morgan fingerprint density at radius 1 is 1.14 bits per heavy atom. The van der Waals surface area contributed by atoms with E-state index in [0.29, 0.717) is 37.7 Å². The summed E-state index contributed by atoms with van der Waals surface area (Å²) in [6.07, 6.45) is 1.41. The maximum atomic E-state index is 12.7. The first-order valence-electron chi connectivity index (χ1n) is 8.87. The molecule has 152 valence electrons. The molecular weight excluding hydrogens is 400 g/mol. The van der Waals surface area contributed by atoms with Gasteiger partial charge in [-0.2, -0.15) is 9.29 Å². The van der Waals surface area contributed by atoms with Gasteiger partial charge in [-0.05, 0) is 36.4 Å². The SMILES string of the molecule is O=C(NCc1nc(-c2ccc(S(=O)(=O)N3CCOCC3)cc2)no1)c1ccco1. The van der Waals surface area contributed by atoms with Crippen LogP contribution in [0.1, 0.15) is 16.4 Å². The second-order valence-electron chi connectivity index (χ2n) is 6.21. The maximum Gasteiger partial charge on any atom is 0.287 e. The predicted octanol–water partition coefficient (Wildman–Crippen LogP) is 1.28. The molecule has 3 heterocycles. The van der Waals surface area contributed by atoms with Gasteiger partial charge in [0.05, 0.1) is 30.9 Å². The lowest BCUT2D eigenvalue weighted by Crippen LogP contribution is -2.40. The molecule has 1 aliphatic heterocycles. The van der Waals surface area contributed by atoms with E-state index in [4.69, 9.17) is 13.7 Å². The number of benzene rings is 1. The van der Waals surface area contributed by atoms with Gasteiger partial charge in [0.15, 0.2) is 5.76 Å². The summed E-state index contributed by atoms with van der Waals surface area (Å²) in [5.74, 6) is 0.293. The van der Waals surface area contributed by atoms with Gasteiger partial charge in [-0.3, -0.25) is 4.79 Å². The van der Waals surface area contributed by atoms with Crippen molar-refractivity contribution in [1.82, 2.24) is 19.8 Å². The fraction of sp³-hybridized carbons (Fsp3) is 0.278. The summed E-state index contributed by atoms with van der Waals surface area (Å²) in [4.78, 5) is 16.3. The minimum Gasteiger partial charge on any atom is -0.459 e. The highest BCUT2D eigenvalue weighted by molar-refractivity contribution is 7.89. The Hall–Kier alpha value is -3.02. The van der Waals surface area contributed by atoms with Gasteiger partial charge in [-0.15, -0.1) is 0 Å². The molecule has 1 saturated heterocycles.